The van der Waals surface area contributed by atoms with Crippen molar-refractivity contribution < 1.29 is 23.8 Å². The van der Waals surface area contributed by atoms with E-state index in [4.69, 9.17) is 14.2 Å². The fourth-order valence-corrected chi connectivity index (χ4v) is 4.52. The van der Waals surface area contributed by atoms with Crippen LogP contribution >= 0.6 is 0 Å². The molecule has 0 N–H and O–H groups in total. The quantitative estimate of drug-likeness (QED) is 0.308. The zero-order valence-electron chi connectivity index (χ0n) is 20.4. The van der Waals surface area contributed by atoms with Crippen molar-refractivity contribution in [1.82, 2.24) is 4.90 Å². The molecule has 1 amide bonds. The Bertz CT molecular complexity index is 1330. The first-order valence-electron chi connectivity index (χ1n) is 12.1. The molecule has 1 heterocycles. The van der Waals surface area contributed by atoms with Crippen LogP contribution in [0.5, 0.6) is 5.75 Å². The van der Waals surface area contributed by atoms with Gasteiger partial charge in [-0.25, -0.2) is 4.79 Å². The number of methoxy groups -OCH3 is 1. The lowest BCUT2D eigenvalue weighted by atomic mass is 9.99. The van der Waals surface area contributed by atoms with E-state index in [0.29, 0.717) is 11.3 Å². The van der Waals surface area contributed by atoms with E-state index in [9.17, 15) is 9.59 Å². The van der Waals surface area contributed by atoms with Crippen LogP contribution in [-0.4, -0.2) is 30.0 Å². The lowest BCUT2D eigenvalue weighted by molar-refractivity contribution is -0.158. The van der Waals surface area contributed by atoms with E-state index in [1.54, 1.807) is 24.1 Å². The standard InChI is InChI=1S/C31H27NO5/c1-35-26-19-17-25(18-20-26)30-32(29(33)24-15-9-4-10-16-24)27(23-13-7-3-8-14-23)28(37-30)31(34)36-21-22-11-5-2-6-12-22/h2-20,27-28,30H,21H2,1H3/t27-,28+,30?/m0/s1. The highest BCUT2D eigenvalue weighted by Gasteiger charge is 2.50. The van der Waals surface area contributed by atoms with Crippen molar-refractivity contribution in [2.24, 2.45) is 0 Å². The highest BCUT2D eigenvalue weighted by molar-refractivity contribution is 5.95. The molecule has 5 rings (SSSR count). The SMILES string of the molecule is COc1ccc(C2O[C@@H](C(=O)OCc3ccccc3)[C@H](c3ccccc3)N2C(=O)c2ccccc2)cc1. The predicted octanol–water partition coefficient (Wildman–Crippen LogP) is 5.72. The van der Waals surface area contributed by atoms with Crippen molar-refractivity contribution in [2.45, 2.75) is 25.0 Å². The van der Waals surface area contributed by atoms with Gasteiger partial charge in [-0.05, 0) is 35.4 Å². The number of carbonyl (C=O) groups excluding carboxylic acids is 2. The van der Waals surface area contributed by atoms with Gasteiger partial charge >= 0.3 is 5.97 Å². The maximum atomic E-state index is 14.0. The summed E-state index contributed by atoms with van der Waals surface area (Å²) in [6.07, 6.45) is -1.83. The molecular weight excluding hydrogens is 466 g/mol. The fourth-order valence-electron chi connectivity index (χ4n) is 4.52. The minimum atomic E-state index is -1.02. The maximum absolute atomic E-state index is 14.0. The summed E-state index contributed by atoms with van der Waals surface area (Å²) in [6, 6.07) is 34.5. The van der Waals surface area contributed by atoms with Gasteiger partial charge in [-0.1, -0.05) is 91.0 Å². The van der Waals surface area contributed by atoms with Crippen LogP contribution in [0.15, 0.2) is 115 Å². The first kappa shape index (κ1) is 24.3. The van der Waals surface area contributed by atoms with E-state index in [0.717, 1.165) is 16.7 Å². The normalized spacial score (nSPS) is 18.8. The maximum Gasteiger partial charge on any atom is 0.338 e. The topological polar surface area (TPSA) is 65.1 Å². The second-order valence-electron chi connectivity index (χ2n) is 8.71. The lowest BCUT2D eigenvalue weighted by Crippen LogP contribution is -2.37. The van der Waals surface area contributed by atoms with Gasteiger partial charge in [-0.15, -0.1) is 0 Å². The van der Waals surface area contributed by atoms with Crippen molar-refractivity contribution in [2.75, 3.05) is 7.11 Å². The second kappa shape index (κ2) is 11.1. The van der Waals surface area contributed by atoms with Crippen molar-refractivity contribution in [3.05, 3.63) is 138 Å². The largest absolute Gasteiger partial charge is 0.497 e. The summed E-state index contributed by atoms with van der Waals surface area (Å²) in [5, 5.41) is 0. The highest BCUT2D eigenvalue weighted by atomic mass is 16.6. The predicted molar refractivity (Wildman–Crippen MR) is 139 cm³/mol. The first-order chi connectivity index (χ1) is 18.2. The molecule has 0 spiro atoms. The Balaban J connectivity index is 1.54. The first-order valence-corrected chi connectivity index (χ1v) is 12.1. The van der Waals surface area contributed by atoms with Gasteiger partial charge in [0.1, 0.15) is 12.4 Å². The molecule has 6 heteroatoms. The van der Waals surface area contributed by atoms with Gasteiger partial charge in [-0.2, -0.15) is 0 Å². The van der Waals surface area contributed by atoms with Crippen molar-refractivity contribution in [1.29, 1.82) is 0 Å². The zero-order valence-corrected chi connectivity index (χ0v) is 20.4. The van der Waals surface area contributed by atoms with E-state index in [2.05, 4.69) is 0 Å². The molecule has 0 aliphatic carbocycles. The molecule has 186 valence electrons. The molecule has 37 heavy (non-hydrogen) atoms. The van der Waals surface area contributed by atoms with Crippen LogP contribution in [0.3, 0.4) is 0 Å². The van der Waals surface area contributed by atoms with Crippen LogP contribution in [0.25, 0.3) is 0 Å². The summed E-state index contributed by atoms with van der Waals surface area (Å²) in [6.45, 7) is 0.112. The summed E-state index contributed by atoms with van der Waals surface area (Å²) in [4.78, 5) is 29.1. The number of ether oxygens (including phenoxy) is 3. The molecule has 1 aliphatic heterocycles. The van der Waals surface area contributed by atoms with Gasteiger partial charge < -0.3 is 14.2 Å². The van der Waals surface area contributed by atoms with Crippen molar-refractivity contribution >= 4 is 11.9 Å². The van der Waals surface area contributed by atoms with Crippen LogP contribution in [0, 0.1) is 0 Å². The summed E-state index contributed by atoms with van der Waals surface area (Å²) in [5.41, 5.74) is 2.88. The Morgan fingerprint density at radius 1 is 0.757 bits per heavy atom. The smallest absolute Gasteiger partial charge is 0.338 e. The molecule has 1 fully saturated rings. The Labute approximate surface area is 216 Å². The summed E-state index contributed by atoms with van der Waals surface area (Å²) in [7, 11) is 1.59. The van der Waals surface area contributed by atoms with Crippen LogP contribution in [-0.2, 0) is 20.9 Å². The third-order valence-corrected chi connectivity index (χ3v) is 6.37. The number of amides is 1. The molecule has 1 aliphatic rings. The monoisotopic (exact) mass is 493 g/mol. The average molecular weight is 494 g/mol. The molecule has 3 atom stereocenters. The number of hydrogen-bond acceptors (Lipinski definition) is 5. The van der Waals surface area contributed by atoms with E-state index in [1.165, 1.54) is 0 Å². The number of benzene rings is 4. The third-order valence-electron chi connectivity index (χ3n) is 6.37. The van der Waals surface area contributed by atoms with Crippen LogP contribution in [0.1, 0.15) is 39.3 Å². The Hall–Kier alpha value is -4.42. The van der Waals surface area contributed by atoms with E-state index < -0.39 is 24.3 Å². The molecule has 1 saturated heterocycles. The van der Waals surface area contributed by atoms with Gasteiger partial charge in [0.25, 0.3) is 5.91 Å². The van der Waals surface area contributed by atoms with Crippen LogP contribution in [0.2, 0.25) is 0 Å². The Kier molecular flexibility index (Phi) is 7.28. The fraction of sp³-hybridized carbons (Fsp3) is 0.161. The molecule has 6 nitrogen and oxygen atoms in total. The average Bonchev–Trinajstić information content (AvgIpc) is 3.38. The Morgan fingerprint density at radius 3 is 1.97 bits per heavy atom. The highest BCUT2D eigenvalue weighted by Crippen LogP contribution is 2.44. The third kappa shape index (κ3) is 5.25. The molecule has 0 radical (unpaired) electrons. The zero-order chi connectivity index (χ0) is 25.6. The van der Waals surface area contributed by atoms with Crippen molar-refractivity contribution in [3.8, 4) is 5.75 Å². The second-order valence-corrected chi connectivity index (χ2v) is 8.71. The van der Waals surface area contributed by atoms with Crippen LogP contribution in [0.4, 0.5) is 0 Å². The molecule has 0 aromatic heterocycles. The minimum Gasteiger partial charge on any atom is -0.497 e. The molecular formula is C31H27NO5. The molecule has 4 aromatic rings. The van der Waals surface area contributed by atoms with Gasteiger partial charge in [0, 0.05) is 11.1 Å². The molecule has 4 aromatic carbocycles. The number of rotatable bonds is 7. The lowest BCUT2D eigenvalue weighted by Gasteiger charge is -2.29. The molecule has 0 saturated carbocycles. The van der Waals surface area contributed by atoms with Gasteiger partial charge in [-0.3, -0.25) is 9.69 Å². The van der Waals surface area contributed by atoms with E-state index >= 15 is 0 Å². The van der Waals surface area contributed by atoms with Gasteiger partial charge in [0.2, 0.25) is 0 Å². The van der Waals surface area contributed by atoms with E-state index in [-0.39, 0.29) is 12.5 Å². The summed E-state index contributed by atoms with van der Waals surface area (Å²) < 4.78 is 17.4. The summed E-state index contributed by atoms with van der Waals surface area (Å²) >= 11 is 0. The van der Waals surface area contributed by atoms with Gasteiger partial charge in [0.05, 0.1) is 13.2 Å². The number of hydrogen-bond donors (Lipinski definition) is 0. The van der Waals surface area contributed by atoms with Gasteiger partial charge in [0.15, 0.2) is 12.3 Å². The Morgan fingerprint density at radius 2 is 1.35 bits per heavy atom. The number of esters is 1. The molecule has 1 unspecified atom stereocenters. The summed E-state index contributed by atoms with van der Waals surface area (Å²) in [5.74, 6) is -0.0886. The molecule has 0 bridgehead atoms. The van der Waals surface area contributed by atoms with Crippen LogP contribution < -0.4 is 4.74 Å². The van der Waals surface area contributed by atoms with Crippen molar-refractivity contribution in [3.63, 3.8) is 0 Å². The minimum absolute atomic E-state index is 0.112. The van der Waals surface area contributed by atoms with E-state index in [1.807, 2.05) is 103 Å². The number of nitrogens with zero attached hydrogens (tertiary/aromatic N) is 1. The number of carbonyl (C=O) groups is 2.